The largest absolute Gasteiger partial charge is 0.446 e. The highest BCUT2D eigenvalue weighted by atomic mass is 32.2. The summed E-state index contributed by atoms with van der Waals surface area (Å²) in [6.45, 7) is 1.33. The molecule has 0 fully saturated rings. The van der Waals surface area contributed by atoms with Gasteiger partial charge >= 0.3 is 5.51 Å². The minimum Gasteiger partial charge on any atom is -0.329 e. The number of nitrogens with two attached hydrogens (primary N) is 1. The van der Waals surface area contributed by atoms with E-state index in [9.17, 15) is 13.2 Å². The van der Waals surface area contributed by atoms with Gasteiger partial charge in [0, 0.05) is 29.8 Å². The first-order valence-electron chi connectivity index (χ1n) is 6.12. The van der Waals surface area contributed by atoms with Gasteiger partial charge in [-0.05, 0) is 42.8 Å². The molecule has 1 unspecified atom stereocenters. The smallest absolute Gasteiger partial charge is 0.329 e. The molecule has 0 aliphatic heterocycles. The summed E-state index contributed by atoms with van der Waals surface area (Å²) in [5.41, 5.74) is 2.48. The first-order chi connectivity index (χ1) is 9.37. The molecule has 0 aliphatic carbocycles. The van der Waals surface area contributed by atoms with Crippen molar-refractivity contribution in [1.82, 2.24) is 4.90 Å². The fraction of sp³-hybridized carbons (Fsp3) is 0.538. The molecule has 1 aromatic carbocycles. The first-order valence-corrected chi connectivity index (χ1v) is 8.33. The van der Waals surface area contributed by atoms with Gasteiger partial charge < -0.3 is 5.73 Å². The molecule has 0 bridgehead atoms. The van der Waals surface area contributed by atoms with Gasteiger partial charge in [-0.25, -0.2) is 0 Å². The molecule has 7 heteroatoms. The molecule has 1 atom stereocenters. The second kappa shape index (κ2) is 8.17. The van der Waals surface area contributed by atoms with Crippen LogP contribution in [-0.2, 0) is 0 Å². The predicted molar refractivity (Wildman–Crippen MR) is 81.2 cm³/mol. The van der Waals surface area contributed by atoms with E-state index in [0.29, 0.717) is 6.54 Å². The van der Waals surface area contributed by atoms with Crippen LogP contribution in [0.3, 0.4) is 0 Å². The number of halogens is 3. The molecule has 20 heavy (non-hydrogen) atoms. The Morgan fingerprint density at radius 2 is 1.85 bits per heavy atom. The highest BCUT2D eigenvalue weighted by molar-refractivity contribution is 8.00. The van der Waals surface area contributed by atoms with E-state index < -0.39 is 5.51 Å². The summed E-state index contributed by atoms with van der Waals surface area (Å²) in [5.74, 6) is 0.995. The zero-order valence-corrected chi connectivity index (χ0v) is 13.1. The van der Waals surface area contributed by atoms with E-state index in [0.717, 1.165) is 17.9 Å². The molecule has 0 aliphatic rings. The number of alkyl halides is 3. The number of rotatable bonds is 7. The highest BCUT2D eigenvalue weighted by Crippen LogP contribution is 2.37. The first kappa shape index (κ1) is 17.7. The second-order valence-electron chi connectivity index (χ2n) is 4.34. The molecule has 0 aromatic heterocycles. The molecule has 1 rings (SSSR count). The molecule has 114 valence electrons. The summed E-state index contributed by atoms with van der Waals surface area (Å²) >= 11 is 1.65. The number of benzene rings is 1. The van der Waals surface area contributed by atoms with Gasteiger partial charge in [-0.1, -0.05) is 12.1 Å². The molecule has 0 spiro atoms. The fourth-order valence-electron chi connectivity index (χ4n) is 1.85. The molecule has 0 saturated heterocycles. The monoisotopic (exact) mass is 324 g/mol. The molecule has 0 radical (unpaired) electrons. The van der Waals surface area contributed by atoms with Crippen molar-refractivity contribution in [1.29, 1.82) is 0 Å². The van der Waals surface area contributed by atoms with Crippen LogP contribution >= 0.6 is 23.5 Å². The molecular weight excluding hydrogens is 305 g/mol. The van der Waals surface area contributed by atoms with Crippen molar-refractivity contribution < 1.29 is 13.2 Å². The Balaban J connectivity index is 2.74. The Morgan fingerprint density at radius 3 is 2.30 bits per heavy atom. The van der Waals surface area contributed by atoms with Crippen LogP contribution in [0.5, 0.6) is 0 Å². The van der Waals surface area contributed by atoms with Crippen molar-refractivity contribution in [2.75, 3.05) is 32.1 Å². The number of likely N-dealkylation sites (N-methyl/N-ethyl adjacent to an activating group) is 1. The third-order valence-electron chi connectivity index (χ3n) is 2.90. The average Bonchev–Trinajstić information content (AvgIpc) is 2.37. The lowest BCUT2D eigenvalue weighted by Crippen LogP contribution is -2.32. The zero-order valence-electron chi connectivity index (χ0n) is 11.5. The number of thioether (sulfide) groups is 2. The van der Waals surface area contributed by atoms with Gasteiger partial charge in [0.05, 0.1) is 0 Å². The van der Waals surface area contributed by atoms with E-state index in [2.05, 4.69) is 4.90 Å². The molecule has 1 aromatic rings. The van der Waals surface area contributed by atoms with Gasteiger partial charge in [-0.2, -0.15) is 24.9 Å². The normalized spacial score (nSPS) is 13.8. The van der Waals surface area contributed by atoms with E-state index in [-0.39, 0.29) is 22.7 Å². The molecule has 0 saturated carbocycles. The Hall–Kier alpha value is -0.370. The molecule has 2 nitrogen and oxygen atoms in total. The van der Waals surface area contributed by atoms with E-state index in [4.69, 9.17) is 5.73 Å². The van der Waals surface area contributed by atoms with Crippen LogP contribution in [0, 0.1) is 0 Å². The Kier molecular flexibility index (Phi) is 7.22. The topological polar surface area (TPSA) is 29.3 Å². The van der Waals surface area contributed by atoms with Crippen LogP contribution in [0.4, 0.5) is 13.2 Å². The van der Waals surface area contributed by atoms with Crippen LogP contribution in [0.2, 0.25) is 0 Å². The Labute approximate surface area is 126 Å². The van der Waals surface area contributed by atoms with Crippen molar-refractivity contribution in [3.63, 3.8) is 0 Å². The summed E-state index contributed by atoms with van der Waals surface area (Å²) in [6.07, 6.45) is 2.04. The maximum atomic E-state index is 12.3. The minimum absolute atomic E-state index is 0.0343. The third-order valence-corrected chi connectivity index (χ3v) is 4.23. The predicted octanol–water partition coefficient (Wildman–Crippen LogP) is 3.59. The summed E-state index contributed by atoms with van der Waals surface area (Å²) in [5, 5.41) is 0. The zero-order chi connectivity index (χ0) is 15.2. The maximum Gasteiger partial charge on any atom is 0.446 e. The van der Waals surface area contributed by atoms with Crippen LogP contribution in [0.1, 0.15) is 11.6 Å². The molecular formula is C13H19F3N2S2. The van der Waals surface area contributed by atoms with Crippen molar-refractivity contribution in [2.24, 2.45) is 5.73 Å². The Bertz CT molecular complexity index is 396. The van der Waals surface area contributed by atoms with Gasteiger partial charge in [0.15, 0.2) is 0 Å². The SMILES string of the molecule is CSCCN(C)C(CN)c1ccc(SC(F)(F)F)cc1. The van der Waals surface area contributed by atoms with E-state index >= 15 is 0 Å². The average molecular weight is 324 g/mol. The van der Waals surface area contributed by atoms with E-state index in [1.165, 1.54) is 12.1 Å². The van der Waals surface area contributed by atoms with Gasteiger partial charge in [0.25, 0.3) is 0 Å². The summed E-state index contributed by atoms with van der Waals surface area (Å²) < 4.78 is 36.8. The lowest BCUT2D eigenvalue weighted by molar-refractivity contribution is -0.0328. The van der Waals surface area contributed by atoms with Crippen molar-refractivity contribution in [2.45, 2.75) is 16.4 Å². The second-order valence-corrected chi connectivity index (χ2v) is 6.47. The fourth-order valence-corrected chi connectivity index (χ4v) is 2.86. The Morgan fingerprint density at radius 1 is 1.25 bits per heavy atom. The van der Waals surface area contributed by atoms with E-state index in [1.54, 1.807) is 23.9 Å². The number of nitrogens with zero attached hydrogens (tertiary/aromatic N) is 1. The molecule has 0 amide bonds. The standard InChI is InChI=1S/C13H19F3N2S2/c1-18(7-8-19-2)12(9-17)10-3-5-11(6-4-10)20-13(14,15)16/h3-6,12H,7-9,17H2,1-2H3. The third kappa shape index (κ3) is 5.95. The van der Waals surface area contributed by atoms with Gasteiger partial charge in [0.2, 0.25) is 0 Å². The summed E-state index contributed by atoms with van der Waals surface area (Å²) in [6, 6.07) is 6.48. The minimum atomic E-state index is -4.25. The van der Waals surface area contributed by atoms with E-state index in [1.807, 2.05) is 13.3 Å². The van der Waals surface area contributed by atoms with Crippen molar-refractivity contribution >= 4 is 23.5 Å². The summed E-state index contributed by atoms with van der Waals surface area (Å²) in [4.78, 5) is 2.33. The lowest BCUT2D eigenvalue weighted by Gasteiger charge is -2.27. The number of hydrogen-bond donors (Lipinski definition) is 1. The van der Waals surface area contributed by atoms with Crippen LogP contribution < -0.4 is 5.73 Å². The summed E-state index contributed by atoms with van der Waals surface area (Å²) in [7, 11) is 1.98. The molecule has 0 heterocycles. The van der Waals surface area contributed by atoms with Gasteiger partial charge in [0.1, 0.15) is 0 Å². The molecule has 2 N–H and O–H groups in total. The van der Waals surface area contributed by atoms with Crippen LogP contribution in [-0.4, -0.2) is 42.6 Å². The quantitative estimate of drug-likeness (QED) is 0.776. The lowest BCUT2D eigenvalue weighted by atomic mass is 10.1. The van der Waals surface area contributed by atoms with Crippen LogP contribution in [0.25, 0.3) is 0 Å². The maximum absolute atomic E-state index is 12.3. The number of hydrogen-bond acceptors (Lipinski definition) is 4. The van der Waals surface area contributed by atoms with Gasteiger partial charge in [-0.3, -0.25) is 4.90 Å². The van der Waals surface area contributed by atoms with Crippen molar-refractivity contribution in [3.8, 4) is 0 Å². The highest BCUT2D eigenvalue weighted by Gasteiger charge is 2.29. The van der Waals surface area contributed by atoms with Crippen LogP contribution in [0.15, 0.2) is 29.2 Å². The van der Waals surface area contributed by atoms with Gasteiger partial charge in [-0.15, -0.1) is 0 Å². The van der Waals surface area contributed by atoms with Crippen molar-refractivity contribution in [3.05, 3.63) is 29.8 Å².